The molecule has 0 saturated carbocycles. The lowest BCUT2D eigenvalue weighted by Crippen LogP contribution is -2.03. The van der Waals surface area contributed by atoms with E-state index in [9.17, 15) is 9.18 Å². The molecule has 1 amide bonds. The summed E-state index contributed by atoms with van der Waals surface area (Å²) in [5.41, 5.74) is 3.71. The largest absolute Gasteiger partial charge is 0.326 e. The van der Waals surface area contributed by atoms with Crippen molar-refractivity contribution in [2.45, 2.75) is 11.2 Å². The first kappa shape index (κ1) is 13.6. The normalized spacial score (nSPS) is 14.8. The summed E-state index contributed by atoms with van der Waals surface area (Å²) in [7, 11) is 0. The maximum Gasteiger partial charge on any atom is 0.228 e. The second-order valence-electron chi connectivity index (χ2n) is 4.68. The highest BCUT2D eigenvalue weighted by atomic mass is 79.9. The molecule has 2 aromatic rings. The minimum Gasteiger partial charge on any atom is -0.326 e. The number of hydrogen-bond acceptors (Lipinski definition) is 1. The highest BCUT2D eigenvalue weighted by Crippen LogP contribution is 2.35. The van der Waals surface area contributed by atoms with Crippen molar-refractivity contribution >= 4 is 39.1 Å². The Morgan fingerprint density at radius 2 is 1.90 bits per heavy atom. The number of carbonyl (C=O) groups is 1. The highest BCUT2D eigenvalue weighted by Gasteiger charge is 2.20. The van der Waals surface area contributed by atoms with E-state index in [0.29, 0.717) is 6.42 Å². The molecule has 1 atom stereocenters. The van der Waals surface area contributed by atoms with Crippen molar-refractivity contribution in [2.75, 3.05) is 5.32 Å². The monoisotopic (exact) mass is 353 g/mol. The van der Waals surface area contributed by atoms with Crippen molar-refractivity contribution in [3.63, 3.8) is 0 Å². The van der Waals surface area contributed by atoms with Gasteiger partial charge in [0, 0.05) is 5.69 Å². The van der Waals surface area contributed by atoms with E-state index in [4.69, 9.17) is 11.6 Å². The van der Waals surface area contributed by atoms with Crippen molar-refractivity contribution in [2.24, 2.45) is 0 Å². The number of benzene rings is 2. The quantitative estimate of drug-likeness (QED) is 0.793. The van der Waals surface area contributed by atoms with E-state index >= 15 is 0 Å². The molecule has 1 aliphatic rings. The van der Waals surface area contributed by atoms with Crippen molar-refractivity contribution in [1.82, 2.24) is 0 Å². The third kappa shape index (κ3) is 2.45. The first-order valence-corrected chi connectivity index (χ1v) is 7.35. The molecule has 2 nitrogen and oxygen atoms in total. The Bertz CT molecular complexity index is 704. The summed E-state index contributed by atoms with van der Waals surface area (Å²) in [6.45, 7) is 0. The average molecular weight is 355 g/mol. The first-order chi connectivity index (χ1) is 9.54. The third-order valence-electron chi connectivity index (χ3n) is 3.28. The van der Waals surface area contributed by atoms with Crippen LogP contribution in [0.3, 0.4) is 0 Å². The standard InChI is InChI=1S/C15H10BrClFNO/c16-15(9-1-3-12(18)11(17)6-9)8-2-4-13-10(5-8)7-14(20)19-13/h1-6,15H,7H2,(H,19,20). The summed E-state index contributed by atoms with van der Waals surface area (Å²) in [5, 5.41) is 2.90. The molecule has 0 saturated heterocycles. The summed E-state index contributed by atoms with van der Waals surface area (Å²) >= 11 is 9.40. The van der Waals surface area contributed by atoms with Gasteiger partial charge in [0.15, 0.2) is 0 Å². The number of halogens is 3. The zero-order chi connectivity index (χ0) is 14.3. The second-order valence-corrected chi connectivity index (χ2v) is 6.00. The van der Waals surface area contributed by atoms with Gasteiger partial charge in [0.1, 0.15) is 5.82 Å². The molecule has 0 fully saturated rings. The highest BCUT2D eigenvalue weighted by molar-refractivity contribution is 9.09. The van der Waals surface area contributed by atoms with Gasteiger partial charge in [0.25, 0.3) is 0 Å². The molecular weight excluding hydrogens is 345 g/mol. The molecule has 3 rings (SSSR count). The number of fused-ring (bicyclic) bond motifs is 1. The SMILES string of the molecule is O=C1Cc2cc(C(Br)c3ccc(F)c(Cl)c3)ccc2N1. The van der Waals surface area contributed by atoms with Gasteiger partial charge in [-0.05, 0) is 34.9 Å². The van der Waals surface area contributed by atoms with Gasteiger partial charge in [-0.2, -0.15) is 0 Å². The third-order valence-corrected chi connectivity index (χ3v) is 4.63. The van der Waals surface area contributed by atoms with Gasteiger partial charge >= 0.3 is 0 Å². The van der Waals surface area contributed by atoms with Crippen molar-refractivity contribution in [3.8, 4) is 0 Å². The Morgan fingerprint density at radius 3 is 2.65 bits per heavy atom. The smallest absolute Gasteiger partial charge is 0.228 e. The van der Waals surface area contributed by atoms with E-state index in [-0.39, 0.29) is 15.8 Å². The maximum absolute atomic E-state index is 13.2. The number of amides is 1. The molecule has 102 valence electrons. The number of anilines is 1. The average Bonchev–Trinajstić information content (AvgIpc) is 2.80. The van der Waals surface area contributed by atoms with Crippen LogP contribution in [0.4, 0.5) is 10.1 Å². The molecule has 1 unspecified atom stereocenters. The first-order valence-electron chi connectivity index (χ1n) is 6.06. The van der Waals surface area contributed by atoms with Gasteiger partial charge < -0.3 is 5.32 Å². The molecule has 20 heavy (non-hydrogen) atoms. The van der Waals surface area contributed by atoms with E-state index in [0.717, 1.165) is 22.4 Å². The predicted octanol–water partition coefficient (Wildman–Crippen LogP) is 4.46. The summed E-state index contributed by atoms with van der Waals surface area (Å²) in [4.78, 5) is 11.3. The topological polar surface area (TPSA) is 29.1 Å². The number of carbonyl (C=O) groups excluding carboxylic acids is 1. The minimum absolute atomic E-state index is 0.00750. The molecule has 0 radical (unpaired) electrons. The van der Waals surface area contributed by atoms with E-state index in [1.807, 2.05) is 18.2 Å². The van der Waals surface area contributed by atoms with E-state index < -0.39 is 5.82 Å². The minimum atomic E-state index is -0.432. The van der Waals surface area contributed by atoms with Crippen LogP contribution >= 0.6 is 27.5 Å². The molecule has 2 aromatic carbocycles. The van der Waals surface area contributed by atoms with E-state index in [1.165, 1.54) is 6.07 Å². The zero-order valence-corrected chi connectivity index (χ0v) is 12.6. The van der Waals surface area contributed by atoms with Crippen LogP contribution in [-0.4, -0.2) is 5.91 Å². The number of rotatable bonds is 2. The van der Waals surface area contributed by atoms with Crippen LogP contribution in [0, 0.1) is 5.82 Å². The van der Waals surface area contributed by atoms with E-state index in [2.05, 4.69) is 21.2 Å². The Labute approximate surface area is 129 Å². The van der Waals surface area contributed by atoms with Crippen LogP contribution in [0.5, 0.6) is 0 Å². The summed E-state index contributed by atoms with van der Waals surface area (Å²) in [6.07, 6.45) is 0.396. The zero-order valence-electron chi connectivity index (χ0n) is 10.3. The summed E-state index contributed by atoms with van der Waals surface area (Å²) in [6, 6.07) is 10.4. The van der Waals surface area contributed by atoms with E-state index in [1.54, 1.807) is 12.1 Å². The molecule has 0 aromatic heterocycles. The van der Waals surface area contributed by atoms with Crippen LogP contribution in [0.15, 0.2) is 36.4 Å². The molecular formula is C15H10BrClFNO. The van der Waals surface area contributed by atoms with Gasteiger partial charge in [-0.15, -0.1) is 0 Å². The Kier molecular flexibility index (Phi) is 3.52. The lowest BCUT2D eigenvalue weighted by atomic mass is 10.0. The number of nitrogens with one attached hydrogen (secondary N) is 1. The number of alkyl halides is 1. The molecule has 1 heterocycles. The number of hydrogen-bond donors (Lipinski definition) is 1. The molecule has 0 spiro atoms. The summed E-state index contributed by atoms with van der Waals surface area (Å²) < 4.78 is 13.2. The fraction of sp³-hybridized carbons (Fsp3) is 0.133. The van der Waals surface area contributed by atoms with Crippen LogP contribution in [0.1, 0.15) is 21.5 Å². The molecule has 1 N–H and O–H groups in total. The Balaban J connectivity index is 1.94. The molecule has 5 heteroatoms. The maximum atomic E-state index is 13.2. The molecule has 0 aliphatic carbocycles. The van der Waals surface area contributed by atoms with Gasteiger partial charge in [0.2, 0.25) is 5.91 Å². The van der Waals surface area contributed by atoms with Gasteiger partial charge in [0.05, 0.1) is 16.3 Å². The van der Waals surface area contributed by atoms with Gasteiger partial charge in [-0.25, -0.2) is 4.39 Å². The fourth-order valence-electron chi connectivity index (χ4n) is 2.27. The van der Waals surface area contributed by atoms with Crippen molar-refractivity contribution < 1.29 is 9.18 Å². The van der Waals surface area contributed by atoms with Crippen LogP contribution in [-0.2, 0) is 11.2 Å². The van der Waals surface area contributed by atoms with Gasteiger partial charge in [-0.1, -0.05) is 45.7 Å². The summed E-state index contributed by atoms with van der Waals surface area (Å²) in [5.74, 6) is -0.424. The Morgan fingerprint density at radius 1 is 1.20 bits per heavy atom. The van der Waals surface area contributed by atoms with Crippen LogP contribution in [0.2, 0.25) is 5.02 Å². The predicted molar refractivity (Wildman–Crippen MR) is 81.0 cm³/mol. The fourth-order valence-corrected chi connectivity index (χ4v) is 3.03. The molecule has 1 aliphatic heterocycles. The van der Waals surface area contributed by atoms with Gasteiger partial charge in [-0.3, -0.25) is 4.79 Å². The van der Waals surface area contributed by atoms with Crippen molar-refractivity contribution in [3.05, 3.63) is 63.9 Å². The Hall–Kier alpha value is -1.39. The second kappa shape index (κ2) is 5.19. The van der Waals surface area contributed by atoms with Crippen LogP contribution < -0.4 is 5.32 Å². The van der Waals surface area contributed by atoms with Crippen LogP contribution in [0.25, 0.3) is 0 Å². The molecule has 0 bridgehead atoms. The van der Waals surface area contributed by atoms with Crippen molar-refractivity contribution in [1.29, 1.82) is 0 Å². The lowest BCUT2D eigenvalue weighted by molar-refractivity contribution is -0.115. The lowest BCUT2D eigenvalue weighted by Gasteiger charge is -2.12.